The number of hydrogen-bond donors (Lipinski definition) is 1. The Hall–Kier alpha value is -5.15. The summed E-state index contributed by atoms with van der Waals surface area (Å²) in [4.78, 5) is 46.5. The predicted molar refractivity (Wildman–Crippen MR) is 181 cm³/mol. The number of allylic oxidation sites excluding steroid dienone is 1. The lowest BCUT2D eigenvalue weighted by Crippen LogP contribution is -2.46. The van der Waals surface area contributed by atoms with Gasteiger partial charge in [0.05, 0.1) is 5.69 Å². The molecule has 9 heteroatoms. The number of carbonyl (C=O) groups is 3. The van der Waals surface area contributed by atoms with Gasteiger partial charge in [-0.1, -0.05) is 72.3 Å². The average molecular weight is 635 g/mol. The van der Waals surface area contributed by atoms with E-state index in [0.717, 1.165) is 11.6 Å². The summed E-state index contributed by atoms with van der Waals surface area (Å²) < 4.78 is 31.9. The van der Waals surface area contributed by atoms with Crippen LogP contribution in [0.4, 0.5) is 20.2 Å². The minimum atomic E-state index is -3.37. The molecule has 47 heavy (non-hydrogen) atoms. The number of aryl methyl sites for hydroxylation is 1. The summed E-state index contributed by atoms with van der Waals surface area (Å²) in [5.41, 5.74) is 3.12. The minimum absolute atomic E-state index is 0.126. The number of anilines is 2. The minimum Gasteiger partial charge on any atom is -0.337 e. The molecule has 0 unspecified atom stereocenters. The van der Waals surface area contributed by atoms with Crippen LogP contribution in [0, 0.1) is 6.92 Å². The van der Waals surface area contributed by atoms with Crippen molar-refractivity contribution in [3.8, 4) is 11.1 Å². The van der Waals surface area contributed by atoms with Crippen molar-refractivity contribution in [3.63, 3.8) is 0 Å². The molecule has 0 saturated carbocycles. The third kappa shape index (κ3) is 6.71. The molecule has 3 amide bonds. The summed E-state index contributed by atoms with van der Waals surface area (Å²) in [5.74, 6) is -4.77. The standard InChI is InChI=1S/C38H36F2N4O3/c1-26-15-17-27(18-16-26)35-30(36(46)41-28-9-4-3-5-10-28)12-8-13-31(35)37(47)44-20-19-38(39,40)32(29-11-6-7-14-33(29)44)25-34(45)43-23-21-42(2)22-24-43/h3-18,25H,19-24H2,1-2H3,(H,41,46). The molecule has 1 N–H and O–H groups in total. The summed E-state index contributed by atoms with van der Waals surface area (Å²) in [5, 5.41) is 2.91. The molecule has 1 fully saturated rings. The van der Waals surface area contributed by atoms with E-state index >= 15 is 8.78 Å². The van der Waals surface area contributed by atoms with E-state index in [1.807, 2.05) is 56.4 Å². The molecule has 2 aliphatic heterocycles. The van der Waals surface area contributed by atoms with Crippen molar-refractivity contribution >= 4 is 34.7 Å². The second kappa shape index (κ2) is 13.3. The fraction of sp³-hybridized carbons (Fsp3) is 0.237. The van der Waals surface area contributed by atoms with Gasteiger partial charge in [0.2, 0.25) is 5.91 Å². The molecule has 0 spiro atoms. The summed E-state index contributed by atoms with van der Waals surface area (Å²) in [7, 11) is 1.96. The van der Waals surface area contributed by atoms with Gasteiger partial charge in [-0.05, 0) is 49.9 Å². The zero-order valence-corrected chi connectivity index (χ0v) is 26.4. The molecule has 4 aromatic carbocycles. The monoisotopic (exact) mass is 634 g/mol. The molecular formula is C38H36F2N4O3. The number of halogens is 2. The van der Waals surface area contributed by atoms with Crippen LogP contribution in [0.2, 0.25) is 0 Å². The number of para-hydroxylation sites is 2. The number of amides is 3. The van der Waals surface area contributed by atoms with Crippen LogP contribution in [-0.2, 0) is 4.79 Å². The molecule has 240 valence electrons. The van der Waals surface area contributed by atoms with E-state index in [0.29, 0.717) is 43.0 Å². The first-order chi connectivity index (χ1) is 22.6. The number of benzene rings is 4. The second-order valence-corrected chi connectivity index (χ2v) is 12.0. The van der Waals surface area contributed by atoms with Crippen LogP contribution in [0.25, 0.3) is 16.7 Å². The number of alkyl halides is 2. The molecule has 1 saturated heterocycles. The smallest absolute Gasteiger partial charge is 0.275 e. The van der Waals surface area contributed by atoms with Gasteiger partial charge in [0.25, 0.3) is 17.7 Å². The van der Waals surface area contributed by atoms with E-state index in [-0.39, 0.29) is 28.9 Å². The highest BCUT2D eigenvalue weighted by Gasteiger charge is 2.42. The molecule has 2 aliphatic rings. The molecule has 4 aromatic rings. The Kier molecular flexibility index (Phi) is 9.00. The lowest BCUT2D eigenvalue weighted by atomic mass is 9.92. The number of carbonyl (C=O) groups excluding carboxylic acids is 3. The van der Waals surface area contributed by atoms with Gasteiger partial charge in [-0.25, -0.2) is 8.78 Å². The highest BCUT2D eigenvalue weighted by Crippen LogP contribution is 2.44. The first-order valence-corrected chi connectivity index (χ1v) is 15.7. The second-order valence-electron chi connectivity index (χ2n) is 12.0. The summed E-state index contributed by atoms with van der Waals surface area (Å²) in [6.45, 7) is 3.88. The number of nitrogens with zero attached hydrogens (tertiary/aromatic N) is 3. The highest BCUT2D eigenvalue weighted by molar-refractivity contribution is 6.17. The van der Waals surface area contributed by atoms with E-state index in [2.05, 4.69) is 10.2 Å². The molecular weight excluding hydrogens is 598 g/mol. The van der Waals surface area contributed by atoms with Gasteiger partial charge in [0.1, 0.15) is 0 Å². The topological polar surface area (TPSA) is 73.0 Å². The Morgan fingerprint density at radius 2 is 1.43 bits per heavy atom. The van der Waals surface area contributed by atoms with Crippen LogP contribution in [-0.4, -0.2) is 73.2 Å². The first kappa shape index (κ1) is 31.8. The van der Waals surface area contributed by atoms with Crippen molar-refractivity contribution in [2.75, 3.05) is 50.0 Å². The number of fused-ring (bicyclic) bond motifs is 1. The Bertz CT molecular complexity index is 1830. The summed E-state index contributed by atoms with van der Waals surface area (Å²) >= 11 is 0. The number of likely N-dealkylation sites (N-methyl/N-ethyl adjacent to an activating group) is 1. The lowest BCUT2D eigenvalue weighted by molar-refractivity contribution is -0.127. The van der Waals surface area contributed by atoms with Crippen molar-refractivity contribution in [1.29, 1.82) is 0 Å². The van der Waals surface area contributed by atoms with E-state index in [4.69, 9.17) is 0 Å². The quantitative estimate of drug-likeness (QED) is 0.247. The first-order valence-electron chi connectivity index (χ1n) is 15.7. The average Bonchev–Trinajstić information content (AvgIpc) is 3.18. The van der Waals surface area contributed by atoms with E-state index < -0.39 is 35.6 Å². The largest absolute Gasteiger partial charge is 0.337 e. The van der Waals surface area contributed by atoms with Crippen molar-refractivity contribution in [2.24, 2.45) is 0 Å². The summed E-state index contributed by atoms with van der Waals surface area (Å²) in [6, 6.07) is 27.9. The van der Waals surface area contributed by atoms with Crippen molar-refractivity contribution in [2.45, 2.75) is 19.3 Å². The molecule has 2 heterocycles. The fourth-order valence-electron chi connectivity index (χ4n) is 6.09. The van der Waals surface area contributed by atoms with Crippen LogP contribution in [0.1, 0.15) is 38.3 Å². The maximum absolute atomic E-state index is 16.0. The van der Waals surface area contributed by atoms with Crippen molar-refractivity contribution in [1.82, 2.24) is 9.80 Å². The molecule has 0 aromatic heterocycles. The molecule has 0 bridgehead atoms. The highest BCUT2D eigenvalue weighted by atomic mass is 19.3. The van der Waals surface area contributed by atoms with Gasteiger partial charge < -0.3 is 20.0 Å². The van der Waals surface area contributed by atoms with Crippen LogP contribution < -0.4 is 10.2 Å². The molecule has 0 atom stereocenters. The van der Waals surface area contributed by atoms with Gasteiger partial charge in [0.15, 0.2) is 0 Å². The Morgan fingerprint density at radius 3 is 2.15 bits per heavy atom. The SMILES string of the molecule is Cc1ccc(-c2c(C(=O)Nc3ccccc3)cccc2C(=O)N2CCC(F)(F)C(=CC(=O)N3CCN(C)CC3)c3ccccc32)cc1. The number of hydrogen-bond acceptors (Lipinski definition) is 4. The lowest BCUT2D eigenvalue weighted by Gasteiger charge is -2.32. The van der Waals surface area contributed by atoms with E-state index in [9.17, 15) is 14.4 Å². The Morgan fingerprint density at radius 1 is 0.766 bits per heavy atom. The van der Waals surface area contributed by atoms with Crippen LogP contribution in [0.5, 0.6) is 0 Å². The maximum atomic E-state index is 16.0. The van der Waals surface area contributed by atoms with Gasteiger partial charge in [-0.15, -0.1) is 0 Å². The molecule has 7 nitrogen and oxygen atoms in total. The fourth-order valence-corrected chi connectivity index (χ4v) is 6.09. The van der Waals surface area contributed by atoms with Crippen LogP contribution >= 0.6 is 0 Å². The molecule has 0 aliphatic carbocycles. The van der Waals surface area contributed by atoms with Crippen LogP contribution in [0.3, 0.4) is 0 Å². The maximum Gasteiger partial charge on any atom is 0.275 e. The number of nitrogens with one attached hydrogen (secondary N) is 1. The Balaban J connectivity index is 1.43. The van der Waals surface area contributed by atoms with Crippen LogP contribution in [0.15, 0.2) is 103 Å². The van der Waals surface area contributed by atoms with Crippen molar-refractivity contribution in [3.05, 3.63) is 125 Å². The van der Waals surface area contributed by atoms with Gasteiger partial charge in [0, 0.05) is 78.7 Å². The molecule has 6 rings (SSSR count). The third-order valence-corrected chi connectivity index (χ3v) is 8.77. The normalized spacial score (nSPS) is 17.1. The molecule has 0 radical (unpaired) electrons. The zero-order chi connectivity index (χ0) is 33.1. The zero-order valence-electron chi connectivity index (χ0n) is 26.4. The summed E-state index contributed by atoms with van der Waals surface area (Å²) in [6.07, 6.45) is 0.369. The number of piperazine rings is 1. The van der Waals surface area contributed by atoms with Gasteiger partial charge in [-0.3, -0.25) is 14.4 Å². The Labute approximate surface area is 273 Å². The van der Waals surface area contributed by atoms with Crippen molar-refractivity contribution < 1.29 is 23.2 Å². The van der Waals surface area contributed by atoms with E-state index in [1.165, 1.54) is 11.0 Å². The van der Waals surface area contributed by atoms with Gasteiger partial charge >= 0.3 is 0 Å². The number of rotatable bonds is 5. The third-order valence-electron chi connectivity index (χ3n) is 8.77. The van der Waals surface area contributed by atoms with E-state index in [1.54, 1.807) is 53.4 Å². The van der Waals surface area contributed by atoms with Gasteiger partial charge in [-0.2, -0.15) is 0 Å². The predicted octanol–water partition coefficient (Wildman–Crippen LogP) is 6.76.